The van der Waals surface area contributed by atoms with Gasteiger partial charge in [-0.05, 0) is 49.0 Å². The Kier molecular flexibility index (Phi) is 6.35. The molecule has 158 valence electrons. The molecule has 3 aromatic carbocycles. The Labute approximate surface area is 186 Å². The van der Waals surface area contributed by atoms with Gasteiger partial charge in [0.15, 0.2) is 5.78 Å². The number of benzene rings is 3. The highest BCUT2D eigenvalue weighted by Gasteiger charge is 2.15. The van der Waals surface area contributed by atoms with Crippen molar-refractivity contribution in [2.75, 3.05) is 13.6 Å². The van der Waals surface area contributed by atoms with Crippen molar-refractivity contribution in [3.05, 3.63) is 101 Å². The Morgan fingerprint density at radius 1 is 0.903 bits per heavy atom. The number of halogens is 1. The van der Waals surface area contributed by atoms with Crippen molar-refractivity contribution in [3.8, 4) is 0 Å². The fourth-order valence-electron chi connectivity index (χ4n) is 3.80. The van der Waals surface area contributed by atoms with E-state index in [4.69, 9.17) is 17.0 Å². The molecule has 0 unspecified atom stereocenters. The first-order valence-electron chi connectivity index (χ1n) is 10.3. The van der Waals surface area contributed by atoms with Crippen LogP contribution in [0.1, 0.15) is 15.9 Å². The second kappa shape index (κ2) is 9.33. The molecule has 0 aliphatic heterocycles. The maximum absolute atomic E-state index is 12.8. The van der Waals surface area contributed by atoms with Gasteiger partial charge in [-0.3, -0.25) is 10.2 Å². The Balaban J connectivity index is 1.56. The van der Waals surface area contributed by atoms with Gasteiger partial charge in [0.2, 0.25) is 5.62 Å². The average molecular weight is 433 g/mol. The summed E-state index contributed by atoms with van der Waals surface area (Å²) < 4.78 is 3.76. The molecule has 0 amide bonds. The number of carbonyl (C=O) groups excluding carboxylic acids is 1. The monoisotopic (exact) mass is 432 g/mol. The van der Waals surface area contributed by atoms with Crippen molar-refractivity contribution in [2.24, 2.45) is 0 Å². The summed E-state index contributed by atoms with van der Waals surface area (Å²) in [6, 6.07) is 25.1. The van der Waals surface area contributed by atoms with Gasteiger partial charge in [-0.2, -0.15) is 0 Å². The fraction of sp³-hybridized carbons (Fsp3) is 0.200. The van der Waals surface area contributed by atoms with Gasteiger partial charge in [0.25, 0.3) is 0 Å². The highest BCUT2D eigenvalue weighted by molar-refractivity contribution is 6.30. The molecule has 1 aromatic heterocycles. The third kappa shape index (κ3) is 4.79. The molecule has 31 heavy (non-hydrogen) atoms. The van der Waals surface area contributed by atoms with E-state index in [1.807, 2.05) is 47.0 Å². The summed E-state index contributed by atoms with van der Waals surface area (Å²) in [4.78, 5) is 15.1. The number of imidazole rings is 1. The SMILES string of the molecule is CN(CCn1c(=N)n(CC(=O)c2ccc(Cl)cc2)c2ccccc21)Cc1ccccc1. The summed E-state index contributed by atoms with van der Waals surface area (Å²) in [7, 11) is 2.08. The van der Waals surface area contributed by atoms with Gasteiger partial charge in [-0.15, -0.1) is 0 Å². The Bertz CT molecular complexity index is 1240. The van der Waals surface area contributed by atoms with E-state index < -0.39 is 0 Å². The van der Waals surface area contributed by atoms with E-state index in [2.05, 4.69) is 24.1 Å². The number of ketones is 1. The zero-order valence-electron chi connectivity index (χ0n) is 17.5. The quantitative estimate of drug-likeness (QED) is 0.414. The summed E-state index contributed by atoms with van der Waals surface area (Å²) in [6.07, 6.45) is 0. The number of para-hydroxylation sites is 2. The van der Waals surface area contributed by atoms with Crippen molar-refractivity contribution < 1.29 is 4.79 Å². The molecule has 0 aliphatic rings. The summed E-state index contributed by atoms with van der Waals surface area (Å²) in [5, 5.41) is 9.36. The van der Waals surface area contributed by atoms with Crippen LogP contribution in [0.2, 0.25) is 5.02 Å². The first kappa shape index (κ1) is 21.1. The van der Waals surface area contributed by atoms with E-state index in [9.17, 15) is 4.79 Å². The molecular formula is C25H25ClN4O. The summed E-state index contributed by atoms with van der Waals surface area (Å²) >= 11 is 5.94. The maximum atomic E-state index is 12.8. The first-order chi connectivity index (χ1) is 15.0. The minimum atomic E-state index is -0.0423. The molecule has 1 heterocycles. The van der Waals surface area contributed by atoms with E-state index in [1.54, 1.807) is 28.8 Å². The molecule has 0 spiro atoms. The van der Waals surface area contributed by atoms with Crippen LogP contribution in [-0.4, -0.2) is 33.4 Å². The van der Waals surface area contributed by atoms with Crippen LogP contribution in [0.3, 0.4) is 0 Å². The van der Waals surface area contributed by atoms with Crippen LogP contribution in [-0.2, 0) is 19.6 Å². The zero-order valence-corrected chi connectivity index (χ0v) is 18.2. The number of hydrogen-bond acceptors (Lipinski definition) is 3. The van der Waals surface area contributed by atoms with Crippen molar-refractivity contribution in [1.82, 2.24) is 14.0 Å². The third-order valence-electron chi connectivity index (χ3n) is 5.44. The van der Waals surface area contributed by atoms with Gasteiger partial charge in [0.05, 0.1) is 17.6 Å². The molecule has 4 rings (SSSR count). The van der Waals surface area contributed by atoms with Gasteiger partial charge in [0.1, 0.15) is 0 Å². The number of fused-ring (bicyclic) bond motifs is 1. The molecule has 0 radical (unpaired) electrons. The molecule has 0 saturated heterocycles. The van der Waals surface area contributed by atoms with Crippen molar-refractivity contribution in [1.29, 1.82) is 5.41 Å². The van der Waals surface area contributed by atoms with Gasteiger partial charge in [0, 0.05) is 30.2 Å². The number of rotatable bonds is 8. The molecule has 0 aliphatic carbocycles. The second-order valence-corrected chi connectivity index (χ2v) is 8.14. The summed E-state index contributed by atoms with van der Waals surface area (Å²) in [6.45, 7) is 2.44. The molecule has 5 nitrogen and oxygen atoms in total. The molecule has 0 bridgehead atoms. The molecule has 4 aromatic rings. The van der Waals surface area contributed by atoms with Crippen LogP contribution in [0.5, 0.6) is 0 Å². The van der Waals surface area contributed by atoms with Crippen molar-refractivity contribution in [3.63, 3.8) is 0 Å². The van der Waals surface area contributed by atoms with E-state index in [-0.39, 0.29) is 12.3 Å². The fourth-order valence-corrected chi connectivity index (χ4v) is 3.92. The summed E-state index contributed by atoms with van der Waals surface area (Å²) in [5.41, 5.74) is 4.04. The number of hydrogen-bond donors (Lipinski definition) is 1. The number of Topliss-reactive ketones (excluding diaryl/α,β-unsaturated/α-hetero) is 1. The smallest absolute Gasteiger partial charge is 0.203 e. The molecule has 0 saturated carbocycles. The van der Waals surface area contributed by atoms with Gasteiger partial charge >= 0.3 is 0 Å². The highest BCUT2D eigenvalue weighted by atomic mass is 35.5. The Morgan fingerprint density at radius 3 is 2.19 bits per heavy atom. The zero-order chi connectivity index (χ0) is 21.8. The number of aromatic nitrogens is 2. The van der Waals surface area contributed by atoms with Crippen LogP contribution >= 0.6 is 11.6 Å². The van der Waals surface area contributed by atoms with Gasteiger partial charge in [-0.25, -0.2) is 0 Å². The normalized spacial score (nSPS) is 11.3. The molecule has 1 N–H and O–H groups in total. The maximum Gasteiger partial charge on any atom is 0.203 e. The first-order valence-corrected chi connectivity index (χ1v) is 10.6. The van der Waals surface area contributed by atoms with Gasteiger partial charge in [-0.1, -0.05) is 54.1 Å². The second-order valence-electron chi connectivity index (χ2n) is 7.70. The highest BCUT2D eigenvalue weighted by Crippen LogP contribution is 2.15. The predicted molar refractivity (Wildman–Crippen MR) is 124 cm³/mol. The number of nitrogens with zero attached hydrogens (tertiary/aromatic N) is 3. The van der Waals surface area contributed by atoms with Crippen molar-refractivity contribution >= 4 is 28.4 Å². The minimum Gasteiger partial charge on any atom is -0.309 e. The molecule has 6 heteroatoms. The molecular weight excluding hydrogens is 408 g/mol. The lowest BCUT2D eigenvalue weighted by Gasteiger charge is -2.17. The van der Waals surface area contributed by atoms with Crippen LogP contribution in [0.25, 0.3) is 11.0 Å². The van der Waals surface area contributed by atoms with E-state index in [0.717, 1.165) is 24.1 Å². The van der Waals surface area contributed by atoms with E-state index in [0.29, 0.717) is 22.7 Å². The third-order valence-corrected chi connectivity index (χ3v) is 5.70. The standard InChI is InChI=1S/C25H25ClN4O/c1-28(17-19-7-3-2-4-8-19)15-16-29-22-9-5-6-10-23(22)30(25(29)27)18-24(31)20-11-13-21(26)14-12-20/h2-14,27H,15-18H2,1H3. The lowest BCUT2D eigenvalue weighted by Crippen LogP contribution is -2.31. The summed E-state index contributed by atoms with van der Waals surface area (Å²) in [5.74, 6) is -0.0423. The van der Waals surface area contributed by atoms with E-state index >= 15 is 0 Å². The average Bonchev–Trinajstić information content (AvgIpc) is 3.04. The van der Waals surface area contributed by atoms with Crippen LogP contribution in [0.4, 0.5) is 0 Å². The Hall–Kier alpha value is -3.15. The lowest BCUT2D eigenvalue weighted by molar-refractivity contribution is 0.0971. The lowest BCUT2D eigenvalue weighted by atomic mass is 10.1. The van der Waals surface area contributed by atoms with Crippen LogP contribution in [0.15, 0.2) is 78.9 Å². The topological polar surface area (TPSA) is 54.0 Å². The number of likely N-dealkylation sites (N-methyl/N-ethyl adjacent to an activating group) is 1. The van der Waals surface area contributed by atoms with Crippen molar-refractivity contribution in [2.45, 2.75) is 19.6 Å². The predicted octanol–water partition coefficient (Wildman–Crippen LogP) is 4.59. The molecule has 0 atom stereocenters. The van der Waals surface area contributed by atoms with E-state index in [1.165, 1.54) is 5.56 Å². The van der Waals surface area contributed by atoms with Crippen LogP contribution in [0, 0.1) is 5.41 Å². The van der Waals surface area contributed by atoms with Gasteiger partial charge < -0.3 is 14.0 Å². The van der Waals surface area contributed by atoms with Crippen LogP contribution < -0.4 is 5.62 Å². The number of carbonyl (C=O) groups is 1. The Morgan fingerprint density at radius 2 is 1.52 bits per heavy atom. The molecule has 0 fully saturated rings. The number of nitrogens with one attached hydrogen (secondary N) is 1. The largest absolute Gasteiger partial charge is 0.309 e. The minimum absolute atomic E-state index is 0.0423.